The molecule has 3 aromatic rings. The van der Waals surface area contributed by atoms with Crippen LogP contribution in [-0.4, -0.2) is 50.1 Å². The van der Waals surface area contributed by atoms with Crippen molar-refractivity contribution in [2.45, 2.75) is 20.3 Å². The molecule has 5 heteroatoms. The van der Waals surface area contributed by atoms with E-state index in [1.807, 2.05) is 0 Å². The topological polar surface area (TPSA) is 48.7 Å². The summed E-state index contributed by atoms with van der Waals surface area (Å²) in [5.41, 5.74) is 5.48. The van der Waals surface area contributed by atoms with Crippen LogP contribution in [0.2, 0.25) is 0 Å². The SMILES string of the molecule is Cc1ccc2c(CC(=O)NCCN3CCN(c4ccccc4)CC3)coc2c1C. The second-order valence-corrected chi connectivity index (χ2v) is 7.84. The van der Waals surface area contributed by atoms with Crippen LogP contribution < -0.4 is 10.2 Å². The zero-order chi connectivity index (χ0) is 20.2. The maximum Gasteiger partial charge on any atom is 0.224 e. The van der Waals surface area contributed by atoms with Crippen molar-refractivity contribution in [3.63, 3.8) is 0 Å². The van der Waals surface area contributed by atoms with E-state index in [9.17, 15) is 4.79 Å². The van der Waals surface area contributed by atoms with Crippen molar-refractivity contribution < 1.29 is 9.21 Å². The lowest BCUT2D eigenvalue weighted by molar-refractivity contribution is -0.120. The number of rotatable bonds is 6. The van der Waals surface area contributed by atoms with E-state index in [-0.39, 0.29) is 5.91 Å². The molecule has 0 bridgehead atoms. The van der Waals surface area contributed by atoms with Crippen LogP contribution in [0.1, 0.15) is 16.7 Å². The first kappa shape index (κ1) is 19.5. The molecule has 1 aromatic heterocycles. The Morgan fingerprint density at radius 3 is 2.55 bits per heavy atom. The summed E-state index contributed by atoms with van der Waals surface area (Å²) in [5.74, 6) is 0.0499. The highest BCUT2D eigenvalue weighted by molar-refractivity contribution is 5.89. The van der Waals surface area contributed by atoms with E-state index < -0.39 is 0 Å². The van der Waals surface area contributed by atoms with Crippen molar-refractivity contribution in [3.05, 3.63) is 65.4 Å². The van der Waals surface area contributed by atoms with Crippen molar-refractivity contribution >= 4 is 22.6 Å². The Morgan fingerprint density at radius 2 is 1.79 bits per heavy atom. The molecule has 1 fully saturated rings. The number of amides is 1. The molecule has 0 radical (unpaired) electrons. The van der Waals surface area contributed by atoms with Gasteiger partial charge in [-0.25, -0.2) is 0 Å². The van der Waals surface area contributed by atoms with Gasteiger partial charge in [-0.05, 0) is 37.1 Å². The zero-order valence-corrected chi connectivity index (χ0v) is 17.3. The molecule has 0 aliphatic carbocycles. The summed E-state index contributed by atoms with van der Waals surface area (Å²) in [6.45, 7) is 9.80. The first-order valence-corrected chi connectivity index (χ1v) is 10.4. The van der Waals surface area contributed by atoms with E-state index in [4.69, 9.17) is 4.42 Å². The molecule has 1 aliphatic heterocycles. The monoisotopic (exact) mass is 391 g/mol. The Balaban J connectivity index is 1.23. The van der Waals surface area contributed by atoms with Crippen molar-refractivity contribution in [2.24, 2.45) is 0 Å². The van der Waals surface area contributed by atoms with Gasteiger partial charge in [-0.15, -0.1) is 0 Å². The molecule has 29 heavy (non-hydrogen) atoms. The lowest BCUT2D eigenvalue weighted by atomic mass is 10.0. The third-order valence-corrected chi connectivity index (χ3v) is 5.94. The third kappa shape index (κ3) is 4.46. The van der Waals surface area contributed by atoms with E-state index in [1.54, 1.807) is 6.26 Å². The molecule has 0 spiro atoms. The quantitative estimate of drug-likeness (QED) is 0.698. The molecule has 2 aromatic carbocycles. The molecule has 1 saturated heterocycles. The summed E-state index contributed by atoms with van der Waals surface area (Å²) in [6.07, 6.45) is 2.08. The van der Waals surface area contributed by atoms with Gasteiger partial charge >= 0.3 is 0 Å². The second-order valence-electron chi connectivity index (χ2n) is 7.84. The molecule has 4 rings (SSSR count). The van der Waals surface area contributed by atoms with Gasteiger partial charge in [0, 0.05) is 55.9 Å². The minimum absolute atomic E-state index is 0.0499. The van der Waals surface area contributed by atoms with Gasteiger partial charge in [0.05, 0.1) is 12.7 Å². The Morgan fingerprint density at radius 1 is 1.03 bits per heavy atom. The van der Waals surface area contributed by atoms with Gasteiger partial charge in [-0.3, -0.25) is 9.69 Å². The summed E-state index contributed by atoms with van der Waals surface area (Å²) in [7, 11) is 0. The molecule has 0 atom stereocenters. The highest BCUT2D eigenvalue weighted by atomic mass is 16.3. The second kappa shape index (κ2) is 8.70. The molecule has 2 heterocycles. The predicted octanol–water partition coefficient (Wildman–Crippen LogP) is 3.53. The van der Waals surface area contributed by atoms with Gasteiger partial charge in [0.2, 0.25) is 5.91 Å². The van der Waals surface area contributed by atoms with Gasteiger partial charge in [-0.2, -0.15) is 0 Å². The number of carbonyl (C=O) groups excluding carboxylic acids is 1. The van der Waals surface area contributed by atoms with E-state index in [2.05, 4.69) is 71.4 Å². The van der Waals surface area contributed by atoms with Crippen LogP contribution in [0, 0.1) is 13.8 Å². The minimum Gasteiger partial charge on any atom is -0.464 e. The number of furan rings is 1. The Bertz CT molecular complexity index is 972. The number of hydrogen-bond acceptors (Lipinski definition) is 4. The molecule has 0 unspecified atom stereocenters. The highest BCUT2D eigenvalue weighted by Crippen LogP contribution is 2.26. The highest BCUT2D eigenvalue weighted by Gasteiger charge is 2.17. The van der Waals surface area contributed by atoms with Gasteiger partial charge in [0.1, 0.15) is 5.58 Å². The number of benzene rings is 2. The number of piperazine rings is 1. The third-order valence-electron chi connectivity index (χ3n) is 5.94. The van der Waals surface area contributed by atoms with Crippen LogP contribution in [0.3, 0.4) is 0 Å². The van der Waals surface area contributed by atoms with Crippen LogP contribution in [0.15, 0.2) is 53.1 Å². The molecule has 1 amide bonds. The average Bonchev–Trinajstić information content (AvgIpc) is 3.15. The van der Waals surface area contributed by atoms with E-state index in [0.29, 0.717) is 13.0 Å². The minimum atomic E-state index is 0.0499. The van der Waals surface area contributed by atoms with E-state index in [1.165, 1.54) is 11.3 Å². The standard InChI is InChI=1S/C24H29N3O2/c1-18-8-9-22-20(17-29-24(22)19(18)2)16-23(28)25-10-11-26-12-14-27(15-13-26)21-6-4-3-5-7-21/h3-9,17H,10-16H2,1-2H3,(H,25,28). The van der Waals surface area contributed by atoms with Crippen molar-refractivity contribution in [2.75, 3.05) is 44.2 Å². The predicted molar refractivity (Wildman–Crippen MR) is 117 cm³/mol. The lowest BCUT2D eigenvalue weighted by Gasteiger charge is -2.36. The first-order chi connectivity index (χ1) is 14.1. The van der Waals surface area contributed by atoms with Crippen LogP contribution in [-0.2, 0) is 11.2 Å². The smallest absolute Gasteiger partial charge is 0.224 e. The van der Waals surface area contributed by atoms with Crippen LogP contribution in [0.5, 0.6) is 0 Å². The molecular weight excluding hydrogens is 362 g/mol. The summed E-state index contributed by atoms with van der Waals surface area (Å²) in [4.78, 5) is 17.2. The number of fused-ring (bicyclic) bond motifs is 1. The number of aryl methyl sites for hydroxylation is 2. The molecule has 0 saturated carbocycles. The number of carbonyl (C=O) groups is 1. The van der Waals surface area contributed by atoms with Gasteiger partial charge in [-0.1, -0.05) is 30.3 Å². The van der Waals surface area contributed by atoms with Crippen LogP contribution in [0.4, 0.5) is 5.69 Å². The summed E-state index contributed by atoms with van der Waals surface area (Å²) in [5, 5.41) is 4.11. The molecule has 1 N–H and O–H groups in total. The maximum atomic E-state index is 12.4. The lowest BCUT2D eigenvalue weighted by Crippen LogP contribution is -2.48. The average molecular weight is 392 g/mol. The number of nitrogens with one attached hydrogen (secondary N) is 1. The molecule has 152 valence electrons. The number of hydrogen-bond donors (Lipinski definition) is 1. The molecule has 1 aliphatic rings. The van der Waals surface area contributed by atoms with Crippen LogP contribution >= 0.6 is 0 Å². The maximum absolute atomic E-state index is 12.4. The van der Waals surface area contributed by atoms with Crippen molar-refractivity contribution in [1.29, 1.82) is 0 Å². The summed E-state index contributed by atoms with van der Waals surface area (Å²) >= 11 is 0. The number of para-hydroxylation sites is 1. The van der Waals surface area contributed by atoms with Crippen molar-refractivity contribution in [1.82, 2.24) is 10.2 Å². The fourth-order valence-corrected chi connectivity index (χ4v) is 3.98. The zero-order valence-electron chi connectivity index (χ0n) is 17.3. The summed E-state index contributed by atoms with van der Waals surface area (Å²) < 4.78 is 5.71. The van der Waals surface area contributed by atoms with Gasteiger partial charge in [0.25, 0.3) is 0 Å². The summed E-state index contributed by atoms with van der Waals surface area (Å²) in [6, 6.07) is 14.7. The Hall–Kier alpha value is -2.79. The fraction of sp³-hybridized carbons (Fsp3) is 0.375. The van der Waals surface area contributed by atoms with Gasteiger partial charge in [0.15, 0.2) is 0 Å². The Labute approximate surface area is 172 Å². The molecular formula is C24H29N3O2. The fourth-order valence-electron chi connectivity index (χ4n) is 3.98. The van der Waals surface area contributed by atoms with Crippen molar-refractivity contribution in [3.8, 4) is 0 Å². The normalized spacial score (nSPS) is 15.0. The van der Waals surface area contributed by atoms with Gasteiger partial charge < -0.3 is 14.6 Å². The molecule has 5 nitrogen and oxygen atoms in total. The van der Waals surface area contributed by atoms with Crippen LogP contribution in [0.25, 0.3) is 11.0 Å². The number of nitrogens with zero attached hydrogens (tertiary/aromatic N) is 2. The number of anilines is 1. The van der Waals surface area contributed by atoms with E-state index >= 15 is 0 Å². The van der Waals surface area contributed by atoms with E-state index in [0.717, 1.165) is 54.8 Å². The Kier molecular flexibility index (Phi) is 5.86. The first-order valence-electron chi connectivity index (χ1n) is 10.4. The largest absolute Gasteiger partial charge is 0.464 e.